The van der Waals surface area contributed by atoms with Crippen LogP contribution in [0, 0.1) is 0 Å². The van der Waals surface area contributed by atoms with Crippen LogP contribution in [-0.4, -0.2) is 36.4 Å². The molecule has 7 heavy (non-hydrogen) atoms. The summed E-state index contributed by atoms with van der Waals surface area (Å²) in [5, 5.41) is 0. The van der Waals surface area contributed by atoms with E-state index in [1.54, 1.807) is 0 Å². The summed E-state index contributed by atoms with van der Waals surface area (Å²) in [5.74, 6) is 0. The summed E-state index contributed by atoms with van der Waals surface area (Å²) in [6, 6.07) is 0. The Kier molecular flexibility index (Phi) is 11.7. The molecule has 0 fully saturated rings. The van der Waals surface area contributed by atoms with Crippen LogP contribution in [0.25, 0.3) is 0 Å². The molecule has 2 radical (unpaired) electrons. The van der Waals surface area contributed by atoms with Crippen molar-refractivity contribution in [2.24, 2.45) is 0 Å². The predicted molar refractivity (Wildman–Crippen MR) is 35.6 cm³/mol. The molecule has 0 aromatic rings. The zero-order chi connectivity index (χ0) is 6.50. The maximum absolute atomic E-state index is 8.34. The Morgan fingerprint density at radius 3 is 1.00 bits per heavy atom. The van der Waals surface area contributed by atoms with Crippen LogP contribution in [0.15, 0.2) is 0 Å². The van der Waals surface area contributed by atoms with E-state index in [4.69, 9.17) is 38.8 Å². The molecule has 0 unspecified atom stereocenters. The minimum atomic E-state index is -3.29. The van der Waals surface area contributed by atoms with E-state index in [1.165, 1.54) is 0 Å². The van der Waals surface area contributed by atoms with Gasteiger partial charge in [-0.15, -0.1) is 0 Å². The van der Waals surface area contributed by atoms with Crippen LogP contribution in [0.3, 0.4) is 0 Å². The molecule has 0 aliphatic rings. The van der Waals surface area contributed by atoms with Crippen molar-refractivity contribution in [2.45, 2.75) is 0 Å². The van der Waals surface area contributed by atoms with Crippen LogP contribution in [0.4, 0.5) is 0 Å². The van der Waals surface area contributed by atoms with Crippen molar-refractivity contribution in [1.82, 2.24) is 0 Å². The third-order valence-corrected chi connectivity index (χ3v) is 0. The van der Waals surface area contributed by atoms with Gasteiger partial charge in [-0.25, -0.2) is 0 Å². The predicted octanol–water partition coefficient (Wildman–Crippen LogP) is 1.88. The summed E-state index contributed by atoms with van der Waals surface area (Å²) in [4.78, 5) is 0. The third kappa shape index (κ3) is 56.3. The van der Waals surface area contributed by atoms with Crippen molar-refractivity contribution in [1.29, 1.82) is 0 Å². The second-order valence-corrected chi connectivity index (χ2v) is 25.9. The van der Waals surface area contributed by atoms with Gasteiger partial charge in [0.15, 0.2) is 0 Å². The Balaban J connectivity index is 0. The molecule has 0 aromatic heterocycles. The van der Waals surface area contributed by atoms with E-state index < -0.39 is 13.9 Å². The molecule has 0 saturated heterocycles. The normalized spacial score (nSPS) is 9.14. The first-order valence-corrected chi connectivity index (χ1v) is 16.6. The van der Waals surface area contributed by atoms with Crippen LogP contribution in [0.5, 0.6) is 0 Å². The van der Waals surface area contributed by atoms with E-state index in [1.807, 2.05) is 0 Å². The second-order valence-electron chi connectivity index (χ2n) is 0.429. The molecule has 0 heterocycles. The van der Waals surface area contributed by atoms with Crippen molar-refractivity contribution < 1.29 is 3.08 Å². The zero-order valence-corrected chi connectivity index (χ0v) is 11.7. The summed E-state index contributed by atoms with van der Waals surface area (Å²) in [7, 11) is 20.1. The number of hydrogen-bond acceptors (Lipinski definition) is 1. The van der Waals surface area contributed by atoms with Crippen LogP contribution >= 0.6 is 35.7 Å². The van der Waals surface area contributed by atoms with Crippen LogP contribution in [0.1, 0.15) is 0 Å². The van der Waals surface area contributed by atoms with Gasteiger partial charge in [0.05, 0.1) is 0 Å². The van der Waals surface area contributed by atoms with Gasteiger partial charge in [0.2, 0.25) is 0 Å². The van der Waals surface area contributed by atoms with Crippen molar-refractivity contribution >= 4 is 72.1 Å². The van der Waals surface area contributed by atoms with Crippen molar-refractivity contribution in [3.63, 3.8) is 0 Å². The monoisotopic (exact) mass is 396 g/mol. The topological polar surface area (TPSA) is 17.1 Å². The molecule has 0 saturated carbocycles. The van der Waals surface area contributed by atoms with Gasteiger partial charge in [0.25, 0.3) is 0 Å². The fourth-order valence-corrected chi connectivity index (χ4v) is 0. The van der Waals surface area contributed by atoms with Gasteiger partial charge in [-0.05, 0) is 0 Å². The maximum atomic E-state index is 8.34. The van der Waals surface area contributed by atoms with Crippen molar-refractivity contribution in [3.8, 4) is 0 Å². The van der Waals surface area contributed by atoms with E-state index in [9.17, 15) is 0 Å². The van der Waals surface area contributed by atoms with Gasteiger partial charge < -0.3 is 0 Å². The van der Waals surface area contributed by atoms with Gasteiger partial charge in [0, 0.05) is 0 Å². The van der Waals surface area contributed by atoms with Crippen LogP contribution in [0.2, 0.25) is 0 Å². The molecule has 0 N–H and O–H groups in total. The summed E-state index contributed by atoms with van der Waals surface area (Å²) in [6.07, 6.45) is 0. The first-order chi connectivity index (χ1) is 3.00. The van der Waals surface area contributed by atoms with E-state index >= 15 is 0 Å². The molecule has 0 bridgehead atoms. The minimum absolute atomic E-state index is 0.300. The van der Waals surface area contributed by atoms with Gasteiger partial charge in [-0.3, -0.25) is 0 Å². The number of halogens is 4. The summed E-state index contributed by atoms with van der Waals surface area (Å²) >= 11 is -2.99. The summed E-state index contributed by atoms with van der Waals surface area (Å²) < 4.78 is 8.34. The van der Waals surface area contributed by atoms with Crippen molar-refractivity contribution in [2.75, 3.05) is 0 Å². The Hall–Kier alpha value is 2.56. The van der Waals surface area contributed by atoms with Gasteiger partial charge in [0.1, 0.15) is 0 Å². The van der Waals surface area contributed by atoms with E-state index in [-0.39, 0.29) is 0 Å². The van der Waals surface area contributed by atoms with E-state index in [0.29, 0.717) is 22.5 Å². The van der Waals surface area contributed by atoms with Gasteiger partial charge >= 0.3 is 75.1 Å². The Labute approximate surface area is 73.8 Å². The third-order valence-electron chi connectivity index (χ3n) is 0. The number of rotatable bonds is 0. The SMILES string of the molecule is [Cl][Sn]([Cl])([Cl])[Cl].[O]=[Sn]. The molecule has 0 aliphatic carbocycles. The first kappa shape index (κ1) is 12.3. The fourth-order valence-electron chi connectivity index (χ4n) is 0. The van der Waals surface area contributed by atoms with Crippen LogP contribution in [-0.2, 0) is 3.08 Å². The van der Waals surface area contributed by atoms with Crippen LogP contribution < -0.4 is 0 Å². The number of hydrogen-bond donors (Lipinski definition) is 0. The molecule has 7 heteroatoms. The molecule has 0 atom stereocenters. The Morgan fingerprint density at radius 2 is 1.00 bits per heavy atom. The molecule has 42 valence electrons. The van der Waals surface area contributed by atoms with Crippen molar-refractivity contribution in [3.05, 3.63) is 0 Å². The Morgan fingerprint density at radius 1 is 1.00 bits per heavy atom. The zero-order valence-electron chi connectivity index (χ0n) is 2.92. The average Bonchev–Trinajstić information content (AvgIpc) is 1.36. The first-order valence-electron chi connectivity index (χ1n) is 0.960. The quantitative estimate of drug-likeness (QED) is 0.573. The fraction of sp³-hybridized carbons (Fsp3) is 0. The second kappa shape index (κ2) is 6.67. The van der Waals surface area contributed by atoms with Gasteiger partial charge in [-0.1, -0.05) is 0 Å². The molecule has 1 nitrogen and oxygen atoms in total. The summed E-state index contributed by atoms with van der Waals surface area (Å²) in [6.45, 7) is 0. The van der Waals surface area contributed by atoms with E-state index in [0.717, 1.165) is 0 Å². The summed E-state index contributed by atoms with van der Waals surface area (Å²) in [5.41, 5.74) is 0. The molecular formula is Cl4OSn2. The Bertz CT molecular complexity index is 33.4. The van der Waals surface area contributed by atoms with Gasteiger partial charge in [-0.2, -0.15) is 0 Å². The molecule has 0 amide bonds. The molecule has 0 aliphatic heterocycles. The molecule has 0 aromatic carbocycles. The molecular weight excluding hydrogens is 395 g/mol. The average molecular weight is 395 g/mol. The van der Waals surface area contributed by atoms with E-state index in [2.05, 4.69) is 0 Å². The molecule has 0 spiro atoms. The molecule has 0 rings (SSSR count). The standard InChI is InChI=1S/4ClH.O.2Sn/h4*1H;;;/q;;;;;;+4/p-4.